The predicted molar refractivity (Wildman–Crippen MR) is 55.2 cm³/mol. The Hall–Kier alpha value is -0.830. The molecule has 1 saturated carbocycles. The first-order valence-electron chi connectivity index (χ1n) is 5.41. The van der Waals surface area contributed by atoms with Gasteiger partial charge in [0.15, 0.2) is 0 Å². The molecule has 1 N–H and O–H groups in total. The number of rotatable bonds is 2. The van der Waals surface area contributed by atoms with E-state index in [1.165, 1.54) is 0 Å². The molecule has 0 saturated heterocycles. The van der Waals surface area contributed by atoms with Gasteiger partial charge in [0.1, 0.15) is 5.82 Å². The summed E-state index contributed by atoms with van der Waals surface area (Å²) >= 11 is 0. The molecule has 3 nitrogen and oxygen atoms in total. The summed E-state index contributed by atoms with van der Waals surface area (Å²) in [4.78, 5) is 4.35. The van der Waals surface area contributed by atoms with Gasteiger partial charge in [0.05, 0.1) is 12.1 Å². The second-order valence-corrected chi connectivity index (χ2v) is 4.41. The van der Waals surface area contributed by atoms with Crippen molar-refractivity contribution in [1.82, 2.24) is 9.55 Å². The van der Waals surface area contributed by atoms with Crippen molar-refractivity contribution in [3.8, 4) is 0 Å². The van der Waals surface area contributed by atoms with Crippen LogP contribution in [0.3, 0.4) is 0 Å². The molecule has 0 aliphatic heterocycles. The van der Waals surface area contributed by atoms with Gasteiger partial charge >= 0.3 is 0 Å². The number of imidazole rings is 1. The fraction of sp³-hybridized carbons (Fsp3) is 0.727. The SMILES string of the molecule is CC(C)c1nccn1[C@H]1CCC[C@H]1O. The smallest absolute Gasteiger partial charge is 0.111 e. The number of aliphatic hydroxyl groups is 1. The van der Waals surface area contributed by atoms with Crippen LogP contribution in [0, 0.1) is 0 Å². The number of nitrogens with zero attached hydrogens (tertiary/aromatic N) is 2. The Morgan fingerprint density at radius 1 is 1.50 bits per heavy atom. The van der Waals surface area contributed by atoms with Gasteiger partial charge in [-0.2, -0.15) is 0 Å². The van der Waals surface area contributed by atoms with Crippen molar-refractivity contribution < 1.29 is 5.11 Å². The van der Waals surface area contributed by atoms with Crippen molar-refractivity contribution in [3.63, 3.8) is 0 Å². The molecule has 0 unspecified atom stereocenters. The second-order valence-electron chi connectivity index (χ2n) is 4.41. The number of aromatic nitrogens is 2. The van der Waals surface area contributed by atoms with E-state index in [0.717, 1.165) is 25.1 Å². The van der Waals surface area contributed by atoms with Gasteiger partial charge in [-0.1, -0.05) is 13.8 Å². The van der Waals surface area contributed by atoms with Gasteiger partial charge in [-0.05, 0) is 19.3 Å². The highest BCUT2D eigenvalue weighted by atomic mass is 16.3. The van der Waals surface area contributed by atoms with E-state index in [-0.39, 0.29) is 12.1 Å². The first-order chi connectivity index (χ1) is 6.70. The first kappa shape index (κ1) is 9.71. The summed E-state index contributed by atoms with van der Waals surface area (Å²) in [5.74, 6) is 1.52. The summed E-state index contributed by atoms with van der Waals surface area (Å²) in [5, 5.41) is 9.82. The largest absolute Gasteiger partial charge is 0.391 e. The lowest BCUT2D eigenvalue weighted by molar-refractivity contribution is 0.134. The maximum absolute atomic E-state index is 9.82. The highest BCUT2D eigenvalue weighted by Gasteiger charge is 2.28. The minimum atomic E-state index is -0.179. The monoisotopic (exact) mass is 194 g/mol. The van der Waals surface area contributed by atoms with Crippen LogP contribution in [0.15, 0.2) is 12.4 Å². The third-order valence-electron chi connectivity index (χ3n) is 3.02. The van der Waals surface area contributed by atoms with E-state index < -0.39 is 0 Å². The van der Waals surface area contributed by atoms with E-state index in [1.54, 1.807) is 0 Å². The van der Waals surface area contributed by atoms with Gasteiger partial charge in [-0.3, -0.25) is 0 Å². The van der Waals surface area contributed by atoms with Crippen molar-refractivity contribution in [3.05, 3.63) is 18.2 Å². The van der Waals surface area contributed by atoms with Gasteiger partial charge in [-0.15, -0.1) is 0 Å². The lowest BCUT2D eigenvalue weighted by Gasteiger charge is -2.20. The zero-order chi connectivity index (χ0) is 10.1. The topological polar surface area (TPSA) is 38.0 Å². The Bertz CT molecular complexity index is 306. The number of aliphatic hydroxyl groups excluding tert-OH is 1. The molecule has 1 heterocycles. The van der Waals surface area contributed by atoms with Gasteiger partial charge in [0, 0.05) is 18.3 Å². The van der Waals surface area contributed by atoms with Crippen molar-refractivity contribution >= 4 is 0 Å². The van der Waals surface area contributed by atoms with Crippen LogP contribution in [0.2, 0.25) is 0 Å². The lowest BCUT2D eigenvalue weighted by Crippen LogP contribution is -2.20. The van der Waals surface area contributed by atoms with Crippen LogP contribution in [-0.4, -0.2) is 20.8 Å². The van der Waals surface area contributed by atoms with Crippen LogP contribution in [-0.2, 0) is 0 Å². The summed E-state index contributed by atoms with van der Waals surface area (Å²) in [6.07, 6.45) is 6.79. The molecule has 1 aliphatic carbocycles. The summed E-state index contributed by atoms with van der Waals surface area (Å²) in [6.45, 7) is 4.28. The molecular weight excluding hydrogens is 176 g/mol. The maximum atomic E-state index is 9.82. The minimum Gasteiger partial charge on any atom is -0.391 e. The average molecular weight is 194 g/mol. The van der Waals surface area contributed by atoms with E-state index in [1.807, 2.05) is 12.4 Å². The Kier molecular flexibility index (Phi) is 2.59. The van der Waals surface area contributed by atoms with Gasteiger partial charge in [-0.25, -0.2) is 4.98 Å². The molecule has 1 aliphatic rings. The van der Waals surface area contributed by atoms with Crippen molar-refractivity contribution in [1.29, 1.82) is 0 Å². The van der Waals surface area contributed by atoms with Gasteiger partial charge < -0.3 is 9.67 Å². The fourth-order valence-electron chi connectivity index (χ4n) is 2.30. The van der Waals surface area contributed by atoms with Crippen LogP contribution < -0.4 is 0 Å². The van der Waals surface area contributed by atoms with Crippen molar-refractivity contribution in [2.24, 2.45) is 0 Å². The molecule has 0 bridgehead atoms. The molecular formula is C11H18N2O. The molecule has 3 heteroatoms. The van der Waals surface area contributed by atoms with Crippen LogP contribution in [0.25, 0.3) is 0 Å². The zero-order valence-electron chi connectivity index (χ0n) is 8.85. The molecule has 0 amide bonds. The predicted octanol–water partition coefficient (Wildman–Crippen LogP) is 2.09. The number of hydrogen-bond acceptors (Lipinski definition) is 2. The Labute approximate surface area is 84.8 Å². The maximum Gasteiger partial charge on any atom is 0.111 e. The second kappa shape index (κ2) is 3.73. The van der Waals surface area contributed by atoms with Crippen molar-refractivity contribution in [2.75, 3.05) is 0 Å². The third kappa shape index (κ3) is 1.57. The third-order valence-corrected chi connectivity index (χ3v) is 3.02. The molecule has 2 rings (SSSR count). The average Bonchev–Trinajstić information content (AvgIpc) is 2.70. The minimum absolute atomic E-state index is 0.179. The zero-order valence-corrected chi connectivity index (χ0v) is 8.85. The van der Waals surface area contributed by atoms with E-state index in [2.05, 4.69) is 23.4 Å². The summed E-state index contributed by atoms with van der Waals surface area (Å²) < 4.78 is 2.16. The molecule has 0 radical (unpaired) electrons. The molecule has 1 aromatic rings. The Balaban J connectivity index is 2.26. The molecule has 14 heavy (non-hydrogen) atoms. The van der Waals surface area contributed by atoms with Crippen LogP contribution >= 0.6 is 0 Å². The number of hydrogen-bond donors (Lipinski definition) is 1. The van der Waals surface area contributed by atoms with E-state index >= 15 is 0 Å². The summed E-state index contributed by atoms with van der Waals surface area (Å²) in [6, 6.07) is 0.259. The molecule has 0 aromatic carbocycles. The quantitative estimate of drug-likeness (QED) is 0.782. The fourth-order valence-corrected chi connectivity index (χ4v) is 2.30. The van der Waals surface area contributed by atoms with Crippen molar-refractivity contribution in [2.45, 2.75) is 51.2 Å². The van der Waals surface area contributed by atoms with Crippen LogP contribution in [0.5, 0.6) is 0 Å². The normalized spacial score (nSPS) is 27.4. The van der Waals surface area contributed by atoms with Crippen LogP contribution in [0.4, 0.5) is 0 Å². The molecule has 1 aromatic heterocycles. The summed E-state index contributed by atoms with van der Waals surface area (Å²) in [7, 11) is 0. The lowest BCUT2D eigenvalue weighted by atomic mass is 10.1. The summed E-state index contributed by atoms with van der Waals surface area (Å²) in [5.41, 5.74) is 0. The Morgan fingerprint density at radius 2 is 2.29 bits per heavy atom. The van der Waals surface area contributed by atoms with E-state index in [4.69, 9.17) is 0 Å². The van der Waals surface area contributed by atoms with Gasteiger partial charge in [0.2, 0.25) is 0 Å². The molecule has 1 fully saturated rings. The van der Waals surface area contributed by atoms with Gasteiger partial charge in [0.25, 0.3) is 0 Å². The van der Waals surface area contributed by atoms with Crippen LogP contribution in [0.1, 0.15) is 50.9 Å². The highest BCUT2D eigenvalue weighted by Crippen LogP contribution is 2.32. The molecule has 0 spiro atoms. The Morgan fingerprint density at radius 3 is 2.86 bits per heavy atom. The highest BCUT2D eigenvalue weighted by molar-refractivity contribution is 5.02. The first-order valence-corrected chi connectivity index (χ1v) is 5.41. The molecule has 2 atom stereocenters. The van der Waals surface area contributed by atoms with E-state index in [9.17, 15) is 5.11 Å². The van der Waals surface area contributed by atoms with E-state index in [0.29, 0.717) is 5.92 Å². The molecule has 78 valence electrons. The standard InChI is InChI=1S/C11H18N2O/c1-8(2)11-12-6-7-13(11)9-4-3-5-10(9)14/h6-10,14H,3-5H2,1-2H3/t9-,10+/m0/s1.